The average Bonchev–Trinajstić information content (AvgIpc) is 2.57. The van der Waals surface area contributed by atoms with Gasteiger partial charge in [-0.3, -0.25) is 0 Å². The van der Waals surface area contributed by atoms with Crippen molar-refractivity contribution in [1.29, 1.82) is 0 Å². The fourth-order valence-electron chi connectivity index (χ4n) is 1.14. The molecule has 0 spiro atoms. The summed E-state index contributed by atoms with van der Waals surface area (Å²) in [5.41, 5.74) is 1.98. The summed E-state index contributed by atoms with van der Waals surface area (Å²) in [6, 6.07) is 9.36. The molecule has 1 aromatic carbocycles. The molecule has 0 fully saturated rings. The molecule has 3 heteroatoms. The summed E-state index contributed by atoms with van der Waals surface area (Å²) in [5, 5.41) is 13.5. The quantitative estimate of drug-likeness (QED) is 0.701. The zero-order valence-corrected chi connectivity index (χ0v) is 7.21. The van der Waals surface area contributed by atoms with E-state index >= 15 is 0 Å². The van der Waals surface area contributed by atoms with E-state index in [1.165, 1.54) is 0 Å². The minimum atomic E-state index is 0. The molecule has 1 heterocycles. The summed E-state index contributed by atoms with van der Waals surface area (Å²) in [6.45, 7) is 0. The summed E-state index contributed by atoms with van der Waals surface area (Å²) >= 11 is 1.63. The van der Waals surface area contributed by atoms with Crippen molar-refractivity contribution in [3.8, 4) is 16.9 Å². The SMILES string of the molecule is Oc1ccccc1-c1ccsc1.[NaH]. The number of thiophene rings is 1. The van der Waals surface area contributed by atoms with Gasteiger partial charge < -0.3 is 5.11 Å². The molecule has 1 N–H and O–H groups in total. The Morgan fingerprint density at radius 3 is 2.46 bits per heavy atom. The maximum absolute atomic E-state index is 9.49. The fraction of sp³-hybridized carbons (Fsp3) is 0. The third-order valence-electron chi connectivity index (χ3n) is 1.74. The van der Waals surface area contributed by atoms with Gasteiger partial charge in [0.15, 0.2) is 0 Å². The van der Waals surface area contributed by atoms with Crippen molar-refractivity contribution in [2.75, 3.05) is 0 Å². The number of benzene rings is 1. The molecule has 2 rings (SSSR count). The van der Waals surface area contributed by atoms with Gasteiger partial charge >= 0.3 is 29.6 Å². The molecule has 0 saturated heterocycles. The number of phenolic OH excluding ortho intramolecular Hbond substituents is 1. The zero-order valence-electron chi connectivity index (χ0n) is 6.40. The molecule has 1 aromatic heterocycles. The van der Waals surface area contributed by atoms with Crippen LogP contribution in [0.5, 0.6) is 5.75 Å². The molecule has 0 aliphatic carbocycles. The van der Waals surface area contributed by atoms with Gasteiger partial charge in [0.25, 0.3) is 0 Å². The average molecular weight is 200 g/mol. The van der Waals surface area contributed by atoms with Gasteiger partial charge in [0.2, 0.25) is 0 Å². The monoisotopic (exact) mass is 200 g/mol. The Kier molecular flexibility index (Phi) is 4.00. The van der Waals surface area contributed by atoms with Crippen LogP contribution in [-0.4, -0.2) is 34.7 Å². The number of aromatic hydroxyl groups is 1. The van der Waals surface area contributed by atoms with Crippen LogP contribution in [0.15, 0.2) is 41.1 Å². The predicted octanol–water partition coefficient (Wildman–Crippen LogP) is 2.47. The fourth-order valence-corrected chi connectivity index (χ4v) is 1.79. The van der Waals surface area contributed by atoms with Crippen LogP contribution in [0.2, 0.25) is 0 Å². The number of hydrogen-bond donors (Lipinski definition) is 1. The molecule has 2 aromatic rings. The standard InChI is InChI=1S/C10H8OS.Na.H/c11-10-4-2-1-3-9(10)8-5-6-12-7-8;;/h1-7,11H;;. The molecule has 0 aliphatic heterocycles. The van der Waals surface area contributed by atoms with Crippen LogP contribution < -0.4 is 0 Å². The molecule has 62 valence electrons. The van der Waals surface area contributed by atoms with E-state index in [1.807, 2.05) is 35.0 Å². The Morgan fingerprint density at radius 2 is 1.85 bits per heavy atom. The van der Waals surface area contributed by atoms with E-state index in [4.69, 9.17) is 0 Å². The number of hydrogen-bond acceptors (Lipinski definition) is 2. The number of para-hydroxylation sites is 1. The molecular weight excluding hydrogens is 191 g/mol. The van der Waals surface area contributed by atoms with Gasteiger partial charge in [0.1, 0.15) is 5.75 Å². The van der Waals surface area contributed by atoms with Crippen LogP contribution in [0.3, 0.4) is 0 Å². The Labute approximate surface area is 103 Å². The molecular formula is C10H9NaOS. The molecule has 0 bridgehead atoms. The van der Waals surface area contributed by atoms with Gasteiger partial charge in [-0.2, -0.15) is 11.3 Å². The van der Waals surface area contributed by atoms with Crippen LogP contribution in [0.25, 0.3) is 11.1 Å². The second-order valence-electron chi connectivity index (χ2n) is 2.53. The second kappa shape index (κ2) is 4.82. The first-order valence-electron chi connectivity index (χ1n) is 3.68. The Morgan fingerprint density at radius 1 is 1.08 bits per heavy atom. The Bertz CT molecular complexity index is 370. The van der Waals surface area contributed by atoms with Crippen LogP contribution in [0.1, 0.15) is 0 Å². The molecule has 0 unspecified atom stereocenters. The summed E-state index contributed by atoms with van der Waals surface area (Å²) in [6.07, 6.45) is 0. The summed E-state index contributed by atoms with van der Waals surface area (Å²) in [4.78, 5) is 0. The third-order valence-corrected chi connectivity index (χ3v) is 2.42. The van der Waals surface area contributed by atoms with Crippen molar-refractivity contribution in [2.45, 2.75) is 0 Å². The van der Waals surface area contributed by atoms with E-state index in [0.29, 0.717) is 5.75 Å². The Hall–Kier alpha value is -0.280. The Balaban J connectivity index is 0.000000845. The van der Waals surface area contributed by atoms with Crippen LogP contribution in [-0.2, 0) is 0 Å². The molecule has 0 aliphatic rings. The van der Waals surface area contributed by atoms with E-state index in [9.17, 15) is 5.11 Å². The van der Waals surface area contributed by atoms with E-state index in [2.05, 4.69) is 0 Å². The molecule has 13 heavy (non-hydrogen) atoms. The summed E-state index contributed by atoms with van der Waals surface area (Å²) < 4.78 is 0. The second-order valence-corrected chi connectivity index (χ2v) is 3.31. The first kappa shape index (κ1) is 10.8. The predicted molar refractivity (Wildman–Crippen MR) is 58.6 cm³/mol. The number of phenols is 1. The number of rotatable bonds is 1. The van der Waals surface area contributed by atoms with Crippen LogP contribution in [0.4, 0.5) is 0 Å². The summed E-state index contributed by atoms with van der Waals surface area (Å²) in [7, 11) is 0. The van der Waals surface area contributed by atoms with Crippen molar-refractivity contribution in [3.05, 3.63) is 41.1 Å². The van der Waals surface area contributed by atoms with Gasteiger partial charge in [-0.1, -0.05) is 18.2 Å². The van der Waals surface area contributed by atoms with Gasteiger partial charge in [-0.25, -0.2) is 0 Å². The third kappa shape index (κ3) is 2.35. The first-order valence-corrected chi connectivity index (χ1v) is 4.63. The molecule has 0 saturated carbocycles. The van der Waals surface area contributed by atoms with E-state index in [1.54, 1.807) is 17.4 Å². The molecule has 0 amide bonds. The van der Waals surface area contributed by atoms with Crippen LogP contribution >= 0.6 is 11.3 Å². The summed E-state index contributed by atoms with van der Waals surface area (Å²) in [5.74, 6) is 0.343. The molecule has 1 nitrogen and oxygen atoms in total. The van der Waals surface area contributed by atoms with Gasteiger partial charge in [-0.15, -0.1) is 0 Å². The maximum atomic E-state index is 9.49. The van der Waals surface area contributed by atoms with Gasteiger partial charge in [0, 0.05) is 5.56 Å². The van der Waals surface area contributed by atoms with Crippen molar-refractivity contribution in [3.63, 3.8) is 0 Å². The minimum absolute atomic E-state index is 0. The van der Waals surface area contributed by atoms with E-state index in [-0.39, 0.29) is 29.6 Å². The zero-order chi connectivity index (χ0) is 8.39. The van der Waals surface area contributed by atoms with E-state index in [0.717, 1.165) is 11.1 Å². The van der Waals surface area contributed by atoms with Gasteiger partial charge in [0.05, 0.1) is 0 Å². The normalized spacial score (nSPS) is 9.23. The van der Waals surface area contributed by atoms with Crippen LogP contribution in [0, 0.1) is 0 Å². The first-order chi connectivity index (χ1) is 5.88. The topological polar surface area (TPSA) is 20.2 Å². The van der Waals surface area contributed by atoms with Crippen molar-refractivity contribution in [1.82, 2.24) is 0 Å². The van der Waals surface area contributed by atoms with Crippen molar-refractivity contribution >= 4 is 40.9 Å². The molecule has 0 radical (unpaired) electrons. The van der Waals surface area contributed by atoms with Gasteiger partial charge in [-0.05, 0) is 28.5 Å². The van der Waals surface area contributed by atoms with Crippen molar-refractivity contribution in [2.24, 2.45) is 0 Å². The molecule has 0 atom stereocenters. The van der Waals surface area contributed by atoms with E-state index < -0.39 is 0 Å². The van der Waals surface area contributed by atoms with Crippen molar-refractivity contribution < 1.29 is 5.11 Å².